The quantitative estimate of drug-likeness (QED) is 0.901. The van der Waals surface area contributed by atoms with Crippen LogP contribution in [-0.2, 0) is 16.0 Å². The van der Waals surface area contributed by atoms with E-state index >= 15 is 0 Å². The van der Waals surface area contributed by atoms with Crippen molar-refractivity contribution in [2.75, 3.05) is 13.1 Å². The van der Waals surface area contributed by atoms with Crippen molar-refractivity contribution in [3.05, 3.63) is 36.0 Å². The van der Waals surface area contributed by atoms with Crippen molar-refractivity contribution in [1.29, 1.82) is 0 Å². The minimum atomic E-state index is -0.305. The maximum Gasteiger partial charge on any atom is 0.222 e. The lowest BCUT2D eigenvalue weighted by Crippen LogP contribution is -2.32. The van der Waals surface area contributed by atoms with Gasteiger partial charge in [-0.05, 0) is 41.5 Å². The SMILES string of the molecule is C[C@@H]1CN(C(=O)CCc2ccc3[nH]ccc3c2)C[C@H]1C(N)=O. The zero-order valence-corrected chi connectivity index (χ0v) is 12.7. The molecule has 22 heavy (non-hydrogen) atoms. The smallest absolute Gasteiger partial charge is 0.222 e. The first-order valence-electron chi connectivity index (χ1n) is 7.67. The first kappa shape index (κ1) is 14.6. The fourth-order valence-electron chi connectivity index (χ4n) is 3.21. The van der Waals surface area contributed by atoms with Crippen molar-refractivity contribution < 1.29 is 9.59 Å². The molecule has 5 nitrogen and oxygen atoms in total. The number of aromatic amines is 1. The summed E-state index contributed by atoms with van der Waals surface area (Å²) in [5.41, 5.74) is 7.63. The lowest BCUT2D eigenvalue weighted by molar-refractivity contribution is -0.130. The number of hydrogen-bond acceptors (Lipinski definition) is 2. The topological polar surface area (TPSA) is 79.2 Å². The highest BCUT2D eigenvalue weighted by molar-refractivity contribution is 5.82. The number of benzene rings is 1. The van der Waals surface area contributed by atoms with Crippen molar-refractivity contribution in [1.82, 2.24) is 9.88 Å². The molecule has 1 saturated heterocycles. The van der Waals surface area contributed by atoms with Gasteiger partial charge in [0.1, 0.15) is 0 Å². The molecule has 3 N–H and O–H groups in total. The van der Waals surface area contributed by atoms with E-state index in [4.69, 9.17) is 5.73 Å². The molecule has 116 valence electrons. The van der Waals surface area contributed by atoms with Crippen LogP contribution in [0.4, 0.5) is 0 Å². The van der Waals surface area contributed by atoms with Gasteiger partial charge in [-0.1, -0.05) is 13.0 Å². The second kappa shape index (κ2) is 5.83. The standard InChI is InChI=1S/C17H21N3O2/c1-11-9-20(10-14(11)17(18)22)16(21)5-3-12-2-4-15-13(8-12)6-7-19-15/h2,4,6-8,11,14,19H,3,5,9-10H2,1H3,(H2,18,22)/t11-,14-/m1/s1. The van der Waals surface area contributed by atoms with E-state index in [0.29, 0.717) is 25.9 Å². The first-order chi connectivity index (χ1) is 10.5. The number of hydrogen-bond donors (Lipinski definition) is 2. The largest absolute Gasteiger partial charge is 0.369 e. The Balaban J connectivity index is 1.59. The molecule has 5 heteroatoms. The predicted molar refractivity (Wildman–Crippen MR) is 85.0 cm³/mol. The number of nitrogens with zero attached hydrogens (tertiary/aromatic N) is 1. The summed E-state index contributed by atoms with van der Waals surface area (Å²) in [5, 5.41) is 1.16. The van der Waals surface area contributed by atoms with Gasteiger partial charge in [0.2, 0.25) is 11.8 Å². The summed E-state index contributed by atoms with van der Waals surface area (Å²) in [5.74, 6) is -0.261. The third-order valence-electron chi connectivity index (χ3n) is 4.58. The molecule has 3 rings (SSSR count). The van der Waals surface area contributed by atoms with Gasteiger partial charge in [0.05, 0.1) is 5.92 Å². The van der Waals surface area contributed by atoms with Gasteiger partial charge >= 0.3 is 0 Å². The summed E-state index contributed by atoms with van der Waals surface area (Å²) < 4.78 is 0. The number of nitrogens with one attached hydrogen (secondary N) is 1. The Morgan fingerprint density at radius 3 is 2.86 bits per heavy atom. The number of amides is 2. The molecule has 0 radical (unpaired) electrons. The summed E-state index contributed by atoms with van der Waals surface area (Å²) in [7, 11) is 0. The molecule has 0 unspecified atom stereocenters. The fourth-order valence-corrected chi connectivity index (χ4v) is 3.21. The van der Waals surface area contributed by atoms with Crippen molar-refractivity contribution in [2.45, 2.75) is 19.8 Å². The molecule has 2 amide bonds. The number of primary amides is 1. The molecule has 1 fully saturated rings. The van der Waals surface area contributed by atoms with E-state index in [-0.39, 0.29) is 23.7 Å². The van der Waals surface area contributed by atoms with Gasteiger partial charge in [0.15, 0.2) is 0 Å². The molecule has 2 aromatic rings. The molecular formula is C17H21N3O2. The lowest BCUT2D eigenvalue weighted by Gasteiger charge is -2.16. The van der Waals surface area contributed by atoms with Crippen molar-refractivity contribution >= 4 is 22.7 Å². The molecule has 0 aliphatic carbocycles. The number of fused-ring (bicyclic) bond motifs is 1. The van der Waals surface area contributed by atoms with Crippen molar-refractivity contribution in [3.63, 3.8) is 0 Å². The van der Waals surface area contributed by atoms with Crippen LogP contribution in [0.15, 0.2) is 30.5 Å². The average molecular weight is 299 g/mol. The van der Waals surface area contributed by atoms with Crippen LogP contribution in [0.25, 0.3) is 10.9 Å². The second-order valence-corrected chi connectivity index (χ2v) is 6.18. The van der Waals surface area contributed by atoms with E-state index in [0.717, 1.165) is 16.5 Å². The van der Waals surface area contributed by atoms with Crippen LogP contribution in [0, 0.1) is 11.8 Å². The molecule has 2 heterocycles. The Kier molecular flexibility index (Phi) is 3.88. The summed E-state index contributed by atoms with van der Waals surface area (Å²) >= 11 is 0. The normalized spacial score (nSPS) is 21.4. The number of aryl methyl sites for hydroxylation is 1. The molecule has 1 aliphatic rings. The fraction of sp³-hybridized carbons (Fsp3) is 0.412. The van der Waals surface area contributed by atoms with Gasteiger partial charge in [-0.15, -0.1) is 0 Å². The van der Waals surface area contributed by atoms with E-state index in [9.17, 15) is 9.59 Å². The Labute approximate surface area is 129 Å². The Bertz CT molecular complexity index is 707. The molecule has 1 aliphatic heterocycles. The third kappa shape index (κ3) is 2.84. The zero-order valence-electron chi connectivity index (χ0n) is 12.7. The van der Waals surface area contributed by atoms with E-state index in [1.165, 1.54) is 0 Å². The monoisotopic (exact) mass is 299 g/mol. The average Bonchev–Trinajstić information content (AvgIpc) is 3.10. The number of rotatable bonds is 4. The maximum absolute atomic E-state index is 12.3. The van der Waals surface area contributed by atoms with E-state index in [1.54, 1.807) is 4.90 Å². The van der Waals surface area contributed by atoms with Gasteiger partial charge in [-0.25, -0.2) is 0 Å². The summed E-state index contributed by atoms with van der Waals surface area (Å²) in [6.45, 7) is 3.07. The van der Waals surface area contributed by atoms with E-state index in [2.05, 4.69) is 11.1 Å². The molecule has 0 saturated carbocycles. The highest BCUT2D eigenvalue weighted by Crippen LogP contribution is 2.23. The van der Waals surface area contributed by atoms with Crippen LogP contribution in [0.2, 0.25) is 0 Å². The maximum atomic E-state index is 12.3. The van der Waals surface area contributed by atoms with Crippen LogP contribution >= 0.6 is 0 Å². The second-order valence-electron chi connectivity index (χ2n) is 6.18. The molecule has 1 aromatic carbocycles. The van der Waals surface area contributed by atoms with Crippen molar-refractivity contribution in [2.24, 2.45) is 17.6 Å². The van der Waals surface area contributed by atoms with E-state index in [1.807, 2.05) is 31.3 Å². The van der Waals surface area contributed by atoms with Crippen LogP contribution in [0.1, 0.15) is 18.9 Å². The van der Waals surface area contributed by atoms with Gasteiger partial charge < -0.3 is 15.6 Å². The minimum Gasteiger partial charge on any atom is -0.369 e. The Hall–Kier alpha value is -2.30. The van der Waals surface area contributed by atoms with Gasteiger partial charge in [-0.3, -0.25) is 9.59 Å². The number of aromatic nitrogens is 1. The number of nitrogens with two attached hydrogens (primary N) is 1. The molecule has 0 bridgehead atoms. The Morgan fingerprint density at radius 1 is 1.32 bits per heavy atom. The zero-order chi connectivity index (χ0) is 15.7. The van der Waals surface area contributed by atoms with Gasteiger partial charge in [0, 0.05) is 31.2 Å². The van der Waals surface area contributed by atoms with Crippen LogP contribution in [0.3, 0.4) is 0 Å². The highest BCUT2D eigenvalue weighted by atomic mass is 16.2. The van der Waals surface area contributed by atoms with Crippen LogP contribution in [-0.4, -0.2) is 34.8 Å². The Morgan fingerprint density at radius 2 is 2.14 bits per heavy atom. The first-order valence-corrected chi connectivity index (χ1v) is 7.67. The van der Waals surface area contributed by atoms with E-state index < -0.39 is 0 Å². The summed E-state index contributed by atoms with van der Waals surface area (Å²) in [6.07, 6.45) is 3.09. The molecule has 1 aromatic heterocycles. The third-order valence-corrected chi connectivity index (χ3v) is 4.58. The molecular weight excluding hydrogens is 278 g/mol. The van der Waals surface area contributed by atoms with Crippen LogP contribution in [0.5, 0.6) is 0 Å². The predicted octanol–water partition coefficient (Wildman–Crippen LogP) is 1.68. The summed E-state index contributed by atoms with van der Waals surface area (Å²) in [6, 6.07) is 8.22. The summed E-state index contributed by atoms with van der Waals surface area (Å²) in [4.78, 5) is 28.6. The van der Waals surface area contributed by atoms with Gasteiger partial charge in [-0.2, -0.15) is 0 Å². The van der Waals surface area contributed by atoms with Crippen molar-refractivity contribution in [3.8, 4) is 0 Å². The number of H-pyrrole nitrogens is 1. The number of carbonyl (C=O) groups is 2. The lowest BCUT2D eigenvalue weighted by atomic mass is 9.98. The number of likely N-dealkylation sites (tertiary alicyclic amines) is 1. The highest BCUT2D eigenvalue weighted by Gasteiger charge is 2.35. The van der Waals surface area contributed by atoms with Gasteiger partial charge in [0.25, 0.3) is 0 Å². The number of carbonyl (C=O) groups excluding carboxylic acids is 2. The van der Waals surface area contributed by atoms with Crippen LogP contribution < -0.4 is 5.73 Å². The molecule has 0 spiro atoms. The molecule has 2 atom stereocenters. The minimum absolute atomic E-state index is 0.102.